The van der Waals surface area contributed by atoms with Crippen LogP contribution in [0.15, 0.2) is 71.8 Å². The Balaban J connectivity index is 1.56. The summed E-state index contributed by atoms with van der Waals surface area (Å²) in [5.41, 5.74) is 5.95. The summed E-state index contributed by atoms with van der Waals surface area (Å²) in [4.78, 5) is 36.4. The Bertz CT molecular complexity index is 1260. The molecule has 0 spiro atoms. The second-order valence-corrected chi connectivity index (χ2v) is 7.81. The van der Waals surface area contributed by atoms with Crippen LogP contribution >= 0.6 is 0 Å². The van der Waals surface area contributed by atoms with Gasteiger partial charge in [-0.25, -0.2) is 5.43 Å². The monoisotopic (exact) mass is 488 g/mol. The van der Waals surface area contributed by atoms with Gasteiger partial charge in [0.25, 0.3) is 5.91 Å². The lowest BCUT2D eigenvalue weighted by molar-refractivity contribution is -0.136. The predicted octanol–water partition coefficient (Wildman–Crippen LogP) is 3.81. The number of para-hydroxylation sites is 1. The number of aryl methyl sites for hydroxylation is 2. The number of carbonyl (C=O) groups excluding carboxylic acids is 3. The minimum absolute atomic E-state index is 0.201. The Morgan fingerprint density at radius 1 is 0.861 bits per heavy atom. The van der Waals surface area contributed by atoms with Gasteiger partial charge in [0.1, 0.15) is 0 Å². The molecule has 0 fully saturated rings. The lowest BCUT2D eigenvalue weighted by atomic mass is 10.2. The first-order valence-electron chi connectivity index (χ1n) is 11.3. The van der Waals surface area contributed by atoms with Crippen LogP contribution in [0.2, 0.25) is 0 Å². The van der Waals surface area contributed by atoms with Crippen LogP contribution in [0.25, 0.3) is 0 Å². The van der Waals surface area contributed by atoms with Crippen LogP contribution in [-0.2, 0) is 14.4 Å². The largest absolute Gasteiger partial charge is 0.490 e. The van der Waals surface area contributed by atoms with E-state index in [1.807, 2.05) is 57.2 Å². The summed E-state index contributed by atoms with van der Waals surface area (Å²) in [6.45, 7) is 5.79. The van der Waals surface area contributed by atoms with Crippen molar-refractivity contribution in [1.82, 2.24) is 5.43 Å². The van der Waals surface area contributed by atoms with Gasteiger partial charge < -0.3 is 20.1 Å². The highest BCUT2D eigenvalue weighted by molar-refractivity contribution is 6.39. The van der Waals surface area contributed by atoms with Crippen LogP contribution in [0.1, 0.15) is 23.6 Å². The van der Waals surface area contributed by atoms with E-state index in [1.54, 1.807) is 30.3 Å². The zero-order valence-corrected chi connectivity index (χ0v) is 20.3. The summed E-state index contributed by atoms with van der Waals surface area (Å²) in [5, 5.41) is 9.15. The van der Waals surface area contributed by atoms with Crippen molar-refractivity contribution >= 4 is 35.3 Å². The first-order chi connectivity index (χ1) is 17.4. The van der Waals surface area contributed by atoms with Gasteiger partial charge in [-0.1, -0.05) is 35.9 Å². The number of rotatable bonds is 9. The molecule has 9 nitrogen and oxygen atoms in total. The number of benzene rings is 3. The molecule has 0 heterocycles. The zero-order chi connectivity index (χ0) is 25.9. The molecule has 3 aromatic carbocycles. The minimum Gasteiger partial charge on any atom is -0.490 e. The number of ether oxygens (including phenoxy) is 2. The molecule has 3 amide bonds. The number of carbonyl (C=O) groups is 3. The fraction of sp³-hybridized carbons (Fsp3) is 0.185. The molecule has 0 aliphatic rings. The molecule has 3 N–H and O–H groups in total. The summed E-state index contributed by atoms with van der Waals surface area (Å²) in [5.74, 6) is -1.25. The van der Waals surface area contributed by atoms with Gasteiger partial charge in [0.05, 0.1) is 12.8 Å². The zero-order valence-electron chi connectivity index (χ0n) is 20.3. The maximum absolute atomic E-state index is 12.2. The molecule has 0 aromatic heterocycles. The average molecular weight is 489 g/mol. The number of hydrogen-bond acceptors (Lipinski definition) is 6. The molecule has 0 aliphatic carbocycles. The van der Waals surface area contributed by atoms with Gasteiger partial charge in [-0.15, -0.1) is 0 Å². The number of nitrogens with zero attached hydrogens (tertiary/aromatic N) is 1. The van der Waals surface area contributed by atoms with Gasteiger partial charge in [-0.2, -0.15) is 5.10 Å². The fourth-order valence-corrected chi connectivity index (χ4v) is 3.08. The van der Waals surface area contributed by atoms with Crippen LogP contribution in [0, 0.1) is 13.8 Å². The van der Waals surface area contributed by atoms with E-state index in [0.29, 0.717) is 35.0 Å². The highest BCUT2D eigenvalue weighted by atomic mass is 16.5. The van der Waals surface area contributed by atoms with E-state index in [9.17, 15) is 14.4 Å². The number of amides is 3. The van der Waals surface area contributed by atoms with Crippen LogP contribution in [0.5, 0.6) is 11.5 Å². The van der Waals surface area contributed by atoms with Crippen molar-refractivity contribution in [3.05, 3.63) is 83.4 Å². The van der Waals surface area contributed by atoms with Crippen molar-refractivity contribution in [2.75, 3.05) is 23.8 Å². The van der Waals surface area contributed by atoms with Crippen molar-refractivity contribution in [1.29, 1.82) is 0 Å². The highest BCUT2D eigenvalue weighted by Gasteiger charge is 2.14. The predicted molar refractivity (Wildman–Crippen MR) is 138 cm³/mol. The fourth-order valence-electron chi connectivity index (χ4n) is 3.08. The quantitative estimate of drug-likeness (QED) is 0.241. The summed E-state index contributed by atoms with van der Waals surface area (Å²) in [6, 6.07) is 19.5. The van der Waals surface area contributed by atoms with Crippen molar-refractivity contribution in [2.45, 2.75) is 20.8 Å². The normalized spacial score (nSPS) is 10.5. The van der Waals surface area contributed by atoms with Gasteiger partial charge >= 0.3 is 11.8 Å². The number of hydrogen-bond donors (Lipinski definition) is 3. The molecule has 0 unspecified atom stereocenters. The molecule has 0 saturated heterocycles. The van der Waals surface area contributed by atoms with E-state index >= 15 is 0 Å². The van der Waals surface area contributed by atoms with E-state index in [-0.39, 0.29) is 12.5 Å². The first-order valence-corrected chi connectivity index (χ1v) is 11.3. The van der Waals surface area contributed by atoms with E-state index in [2.05, 4.69) is 21.2 Å². The van der Waals surface area contributed by atoms with Crippen molar-refractivity contribution in [3.63, 3.8) is 0 Å². The third kappa shape index (κ3) is 7.69. The molecule has 0 bridgehead atoms. The minimum atomic E-state index is -0.904. The Labute approximate surface area is 209 Å². The summed E-state index contributed by atoms with van der Waals surface area (Å²) in [7, 11) is 0. The topological polar surface area (TPSA) is 118 Å². The third-order valence-corrected chi connectivity index (χ3v) is 4.94. The molecule has 3 aromatic rings. The van der Waals surface area contributed by atoms with Crippen molar-refractivity contribution in [3.8, 4) is 11.5 Å². The molecular weight excluding hydrogens is 460 g/mol. The molecule has 9 heteroatoms. The Morgan fingerprint density at radius 2 is 1.61 bits per heavy atom. The summed E-state index contributed by atoms with van der Waals surface area (Å²) in [6.07, 6.45) is 1.37. The van der Waals surface area contributed by atoms with Crippen LogP contribution < -0.4 is 25.5 Å². The lowest BCUT2D eigenvalue weighted by Crippen LogP contribution is -2.32. The standard InChI is InChI=1S/C27H28N4O5/c1-4-35-24-15-20(16-28-31-27(34)26(33)30-22-8-6-5-7-19(22)3)11-14-23(24)36-17-25(32)29-21-12-9-18(2)10-13-21/h5-16H,4,17H2,1-3H3,(H,29,32)(H,30,33)(H,31,34)/b28-16-. The molecular formula is C27H28N4O5. The number of nitrogens with one attached hydrogen (secondary N) is 3. The Hall–Kier alpha value is -4.66. The average Bonchev–Trinajstić information content (AvgIpc) is 2.86. The van der Waals surface area contributed by atoms with Crippen LogP contribution in [0.3, 0.4) is 0 Å². The Morgan fingerprint density at radius 3 is 2.33 bits per heavy atom. The molecule has 0 radical (unpaired) electrons. The van der Waals surface area contributed by atoms with Gasteiger partial charge in [0.2, 0.25) is 0 Å². The van der Waals surface area contributed by atoms with Gasteiger partial charge in [-0.05, 0) is 68.3 Å². The summed E-state index contributed by atoms with van der Waals surface area (Å²) < 4.78 is 11.3. The van der Waals surface area contributed by atoms with E-state index < -0.39 is 11.8 Å². The maximum Gasteiger partial charge on any atom is 0.329 e. The molecule has 0 aliphatic heterocycles. The maximum atomic E-state index is 12.2. The summed E-state index contributed by atoms with van der Waals surface area (Å²) >= 11 is 0. The third-order valence-electron chi connectivity index (χ3n) is 4.94. The van der Waals surface area contributed by atoms with Gasteiger partial charge in [0.15, 0.2) is 18.1 Å². The lowest BCUT2D eigenvalue weighted by Gasteiger charge is -2.12. The SMILES string of the molecule is CCOc1cc(/C=N\NC(=O)C(=O)Nc2ccccc2C)ccc1OCC(=O)Nc1ccc(C)cc1. The molecule has 0 atom stereocenters. The van der Waals surface area contributed by atoms with Crippen molar-refractivity contribution in [2.24, 2.45) is 5.10 Å². The van der Waals surface area contributed by atoms with E-state index in [0.717, 1.165) is 11.1 Å². The smallest absolute Gasteiger partial charge is 0.329 e. The number of hydrazone groups is 1. The van der Waals surface area contributed by atoms with Crippen LogP contribution in [-0.4, -0.2) is 37.1 Å². The van der Waals surface area contributed by atoms with E-state index in [4.69, 9.17) is 9.47 Å². The van der Waals surface area contributed by atoms with Gasteiger partial charge in [0, 0.05) is 11.4 Å². The molecule has 0 saturated carbocycles. The molecule has 3 rings (SSSR count). The van der Waals surface area contributed by atoms with Crippen molar-refractivity contribution < 1.29 is 23.9 Å². The number of anilines is 2. The van der Waals surface area contributed by atoms with Crippen LogP contribution in [0.4, 0.5) is 11.4 Å². The second kappa shape index (κ2) is 12.7. The highest BCUT2D eigenvalue weighted by Crippen LogP contribution is 2.28. The molecule has 36 heavy (non-hydrogen) atoms. The van der Waals surface area contributed by atoms with E-state index in [1.165, 1.54) is 6.21 Å². The second-order valence-electron chi connectivity index (χ2n) is 7.81. The first kappa shape index (κ1) is 26.0. The Kier molecular flexibility index (Phi) is 9.16. The van der Waals surface area contributed by atoms with Gasteiger partial charge in [-0.3, -0.25) is 14.4 Å². The molecule has 186 valence electrons.